The molecule has 0 spiro atoms. The first kappa shape index (κ1) is 21.5. The van der Waals surface area contributed by atoms with Gasteiger partial charge in [-0.15, -0.1) is 5.92 Å². The molecule has 1 aliphatic heterocycles. The Bertz CT molecular complexity index is 855. The molecule has 0 aromatic carbocycles. The Morgan fingerprint density at radius 3 is 2.59 bits per heavy atom. The van der Waals surface area contributed by atoms with Gasteiger partial charge in [-0.3, -0.25) is 14.4 Å². The van der Waals surface area contributed by atoms with E-state index >= 15 is 0 Å². The Morgan fingerprint density at radius 2 is 1.81 bits per heavy atom. The van der Waals surface area contributed by atoms with Gasteiger partial charge in [0.15, 0.2) is 0 Å². The van der Waals surface area contributed by atoms with Crippen molar-refractivity contribution in [3.05, 3.63) is 12.2 Å². The third-order valence-electron chi connectivity index (χ3n) is 8.32. The van der Waals surface area contributed by atoms with Crippen LogP contribution < -0.4 is 0 Å². The Kier molecular flexibility index (Phi) is 5.98. The van der Waals surface area contributed by atoms with Crippen molar-refractivity contribution in [1.29, 1.82) is 0 Å². The molecule has 2 saturated carbocycles. The van der Waals surface area contributed by atoms with Crippen LogP contribution in [-0.4, -0.2) is 41.4 Å². The molecule has 5 aliphatic rings. The monoisotopic (exact) mass is 441 g/mol. The zero-order valence-corrected chi connectivity index (χ0v) is 18.3. The maximum Gasteiger partial charge on any atom is 0.533 e. The molecular formula is C25H31NO6. The highest BCUT2D eigenvalue weighted by Gasteiger charge is 2.53. The summed E-state index contributed by atoms with van der Waals surface area (Å²) in [5.74, 6) is 9.62. The quantitative estimate of drug-likeness (QED) is 0.305. The minimum Gasteiger partial charge on any atom is -0.432 e. The van der Waals surface area contributed by atoms with E-state index in [-0.39, 0.29) is 25.4 Å². The normalized spacial score (nSPS) is 41.0. The highest BCUT2D eigenvalue weighted by atomic mass is 16.8. The van der Waals surface area contributed by atoms with Crippen molar-refractivity contribution in [2.24, 2.45) is 47.3 Å². The van der Waals surface area contributed by atoms with Crippen LogP contribution in [0.1, 0.15) is 51.4 Å². The lowest BCUT2D eigenvalue weighted by Gasteiger charge is -2.23. The van der Waals surface area contributed by atoms with Gasteiger partial charge in [-0.1, -0.05) is 23.1 Å². The van der Waals surface area contributed by atoms with Crippen LogP contribution in [0.5, 0.6) is 0 Å². The molecule has 1 N–H and O–H groups in total. The van der Waals surface area contributed by atoms with E-state index in [1.807, 2.05) is 0 Å². The van der Waals surface area contributed by atoms with Gasteiger partial charge in [0, 0.05) is 31.8 Å². The predicted molar refractivity (Wildman–Crippen MR) is 113 cm³/mol. The minimum atomic E-state index is -0.988. The zero-order chi connectivity index (χ0) is 22.2. The lowest BCUT2D eigenvalue weighted by molar-refractivity contribution is -0.177. The molecule has 1 saturated heterocycles. The van der Waals surface area contributed by atoms with Crippen molar-refractivity contribution in [1.82, 2.24) is 5.06 Å². The van der Waals surface area contributed by atoms with Crippen LogP contribution in [0, 0.1) is 59.2 Å². The number of amides is 2. The smallest absolute Gasteiger partial charge is 0.432 e. The van der Waals surface area contributed by atoms with Gasteiger partial charge >= 0.3 is 6.16 Å². The van der Waals surface area contributed by atoms with Crippen molar-refractivity contribution in [3.63, 3.8) is 0 Å². The first-order valence-electron chi connectivity index (χ1n) is 12.0. The van der Waals surface area contributed by atoms with Crippen LogP contribution >= 0.6 is 0 Å². The standard InChI is InChI=1S/C25H31NO6/c27-13-21-17-7-3-1-5-15(11-19(17)21)16-6-2-4-8-18-20(12-16)22(18)14-31-25(30)32-26-23(28)9-10-24(26)29/h1,5,15-22,27H,3-4,7-14H2/b5-1-/t15?,16?,17-,18+,19+,20-,21-,22+/m1/s1. The molecule has 2 unspecified atom stereocenters. The summed E-state index contributed by atoms with van der Waals surface area (Å²) in [6.07, 6.45) is 10.0. The number of carbonyl (C=O) groups is 3. The van der Waals surface area contributed by atoms with E-state index in [1.54, 1.807) is 0 Å². The molecule has 7 heteroatoms. The largest absolute Gasteiger partial charge is 0.533 e. The van der Waals surface area contributed by atoms with Crippen LogP contribution in [-0.2, 0) is 19.2 Å². The van der Waals surface area contributed by atoms with E-state index in [1.165, 1.54) is 6.42 Å². The van der Waals surface area contributed by atoms with E-state index in [9.17, 15) is 19.5 Å². The summed E-state index contributed by atoms with van der Waals surface area (Å²) in [6, 6.07) is 0. The van der Waals surface area contributed by atoms with Gasteiger partial charge in [0.05, 0.1) is 6.61 Å². The number of hydrogen-bond donors (Lipinski definition) is 1. The van der Waals surface area contributed by atoms with Crippen molar-refractivity contribution in [2.75, 3.05) is 13.2 Å². The average Bonchev–Trinajstić information content (AvgIpc) is 3.57. The molecule has 4 aliphatic carbocycles. The number of fused-ring (bicyclic) bond motifs is 2. The van der Waals surface area contributed by atoms with Crippen molar-refractivity contribution < 1.29 is 29.1 Å². The molecule has 2 amide bonds. The summed E-state index contributed by atoms with van der Waals surface area (Å²) in [5, 5.41) is 10.2. The van der Waals surface area contributed by atoms with Gasteiger partial charge < -0.3 is 9.84 Å². The van der Waals surface area contributed by atoms with E-state index in [4.69, 9.17) is 9.57 Å². The highest BCUT2D eigenvalue weighted by Crippen LogP contribution is 2.57. The van der Waals surface area contributed by atoms with Crippen LogP contribution in [0.25, 0.3) is 0 Å². The number of allylic oxidation sites excluding steroid dienone is 2. The lowest BCUT2D eigenvalue weighted by Crippen LogP contribution is -2.32. The lowest BCUT2D eigenvalue weighted by atomic mass is 9.81. The SMILES string of the molecule is O=C(OC[C@H]1[C@H]2CCC#CC(C3/C=C\CC[C@H]4[C@@H](CO)[C@H]4C3)C[C@H]21)ON1C(=O)CCC1=O. The third kappa shape index (κ3) is 4.30. The summed E-state index contributed by atoms with van der Waals surface area (Å²) in [7, 11) is 0. The molecule has 0 bridgehead atoms. The van der Waals surface area contributed by atoms with Gasteiger partial charge in [-0.25, -0.2) is 4.79 Å². The first-order valence-corrected chi connectivity index (χ1v) is 12.0. The molecule has 5 rings (SSSR count). The van der Waals surface area contributed by atoms with Crippen LogP contribution in [0.2, 0.25) is 0 Å². The number of carbonyl (C=O) groups excluding carboxylic acids is 3. The fourth-order valence-electron chi connectivity index (χ4n) is 6.37. The highest BCUT2D eigenvalue weighted by molar-refractivity contribution is 6.01. The van der Waals surface area contributed by atoms with Crippen molar-refractivity contribution >= 4 is 18.0 Å². The number of nitrogens with zero attached hydrogens (tertiary/aromatic N) is 1. The first-order chi connectivity index (χ1) is 15.6. The molecule has 172 valence electrons. The maximum atomic E-state index is 12.0. The molecule has 3 fully saturated rings. The second kappa shape index (κ2) is 8.90. The van der Waals surface area contributed by atoms with E-state index in [0.717, 1.165) is 32.1 Å². The molecule has 0 aromatic heterocycles. The fraction of sp³-hybridized carbons (Fsp3) is 0.720. The van der Waals surface area contributed by atoms with Crippen LogP contribution in [0.3, 0.4) is 0 Å². The molecule has 32 heavy (non-hydrogen) atoms. The van der Waals surface area contributed by atoms with Gasteiger partial charge in [0.1, 0.15) is 0 Å². The predicted octanol–water partition coefficient (Wildman–Crippen LogP) is 3.08. The maximum absolute atomic E-state index is 12.0. The van der Waals surface area contributed by atoms with Crippen molar-refractivity contribution in [2.45, 2.75) is 51.4 Å². The van der Waals surface area contributed by atoms with Crippen LogP contribution in [0.4, 0.5) is 4.79 Å². The zero-order valence-electron chi connectivity index (χ0n) is 18.3. The van der Waals surface area contributed by atoms with Gasteiger partial charge in [-0.2, -0.15) is 0 Å². The van der Waals surface area contributed by atoms with Gasteiger partial charge in [0.25, 0.3) is 11.8 Å². The Morgan fingerprint density at radius 1 is 1.06 bits per heavy atom. The fourth-order valence-corrected chi connectivity index (χ4v) is 6.37. The minimum absolute atomic E-state index is 0.0660. The number of hydrogen-bond acceptors (Lipinski definition) is 6. The molecular weight excluding hydrogens is 410 g/mol. The van der Waals surface area contributed by atoms with E-state index in [0.29, 0.717) is 53.1 Å². The van der Waals surface area contributed by atoms with E-state index < -0.39 is 18.0 Å². The van der Waals surface area contributed by atoms with Crippen LogP contribution in [0.15, 0.2) is 12.2 Å². The molecule has 7 nitrogen and oxygen atoms in total. The Labute approximate surface area is 188 Å². The topological polar surface area (TPSA) is 93.1 Å². The summed E-state index contributed by atoms with van der Waals surface area (Å²) in [5.41, 5.74) is 0. The number of imide groups is 1. The van der Waals surface area contributed by atoms with Gasteiger partial charge in [0.2, 0.25) is 0 Å². The number of hydroxylamine groups is 2. The second-order valence-electron chi connectivity index (χ2n) is 10.0. The van der Waals surface area contributed by atoms with E-state index in [2.05, 4.69) is 24.0 Å². The molecule has 0 aromatic rings. The summed E-state index contributed by atoms with van der Waals surface area (Å²) in [6.45, 7) is 0.544. The van der Waals surface area contributed by atoms with Crippen molar-refractivity contribution in [3.8, 4) is 11.8 Å². The average molecular weight is 442 g/mol. The number of rotatable bonds is 5. The van der Waals surface area contributed by atoms with Gasteiger partial charge in [-0.05, 0) is 73.5 Å². The summed E-state index contributed by atoms with van der Waals surface area (Å²) in [4.78, 5) is 40.0. The summed E-state index contributed by atoms with van der Waals surface area (Å²) < 4.78 is 5.28. The Balaban J connectivity index is 1.15. The molecule has 0 radical (unpaired) electrons. The second-order valence-corrected chi connectivity index (χ2v) is 10.0. The third-order valence-corrected chi connectivity index (χ3v) is 8.32. The molecule has 8 atom stereocenters. The number of aliphatic hydroxyl groups is 1. The Hall–Kier alpha value is -2.33. The number of aliphatic hydroxyl groups excluding tert-OH is 1. The molecule has 1 heterocycles. The number of ether oxygens (including phenoxy) is 1. The summed E-state index contributed by atoms with van der Waals surface area (Å²) >= 11 is 0.